The van der Waals surface area contributed by atoms with Crippen LogP contribution in [0.3, 0.4) is 0 Å². The normalized spacial score (nSPS) is 18.7. The predicted octanol–water partition coefficient (Wildman–Crippen LogP) is 2.30. The number of carbonyl (C=O) groups excluding carboxylic acids is 1. The van der Waals surface area contributed by atoms with Crippen LogP contribution in [0.15, 0.2) is 22.7 Å². The van der Waals surface area contributed by atoms with Gasteiger partial charge in [-0.3, -0.25) is 4.79 Å². The van der Waals surface area contributed by atoms with E-state index in [0.29, 0.717) is 24.5 Å². The Morgan fingerprint density at radius 1 is 1.59 bits per heavy atom. The molecule has 1 aliphatic heterocycles. The quantitative estimate of drug-likeness (QED) is 0.910. The highest BCUT2D eigenvalue weighted by Crippen LogP contribution is 2.22. The van der Waals surface area contributed by atoms with Gasteiger partial charge in [-0.25, -0.2) is 0 Å². The van der Waals surface area contributed by atoms with E-state index in [1.165, 1.54) is 0 Å². The molecule has 1 aliphatic rings. The minimum Gasteiger partial charge on any atom is -0.381 e. The Kier molecular flexibility index (Phi) is 3.77. The number of nitrogens with one attached hydrogen (secondary N) is 1. The SMILES string of the molecule is N#Cc1ccc(Br)cc1NC(=O)C1CCOC1. The Balaban J connectivity index is 2.15. The maximum Gasteiger partial charge on any atom is 0.229 e. The zero-order valence-corrected chi connectivity index (χ0v) is 10.7. The van der Waals surface area contributed by atoms with Gasteiger partial charge >= 0.3 is 0 Å². The summed E-state index contributed by atoms with van der Waals surface area (Å²) in [6.07, 6.45) is 0.738. The number of ether oxygens (including phenoxy) is 1. The van der Waals surface area contributed by atoms with E-state index in [0.717, 1.165) is 10.9 Å². The molecular weight excluding hydrogens is 284 g/mol. The summed E-state index contributed by atoms with van der Waals surface area (Å²) in [5.41, 5.74) is 0.999. The molecule has 1 aromatic carbocycles. The molecule has 0 radical (unpaired) electrons. The predicted molar refractivity (Wildman–Crippen MR) is 66.4 cm³/mol. The second-order valence-corrected chi connectivity index (χ2v) is 4.77. The molecule has 1 heterocycles. The third-order valence-electron chi connectivity index (χ3n) is 2.66. The molecule has 0 aromatic heterocycles. The van der Waals surface area contributed by atoms with Gasteiger partial charge in [0.2, 0.25) is 5.91 Å². The second-order valence-electron chi connectivity index (χ2n) is 3.85. The molecule has 0 spiro atoms. The number of anilines is 1. The standard InChI is InChI=1S/C12H11BrN2O2/c13-10-2-1-8(6-14)11(5-10)15-12(16)9-3-4-17-7-9/h1-2,5,9H,3-4,7H2,(H,15,16). The van der Waals surface area contributed by atoms with Gasteiger partial charge in [0.05, 0.1) is 23.8 Å². The molecule has 5 heteroatoms. The summed E-state index contributed by atoms with van der Waals surface area (Å²) in [5, 5.41) is 11.7. The van der Waals surface area contributed by atoms with Crippen LogP contribution >= 0.6 is 15.9 Å². The van der Waals surface area contributed by atoms with Gasteiger partial charge in [-0.15, -0.1) is 0 Å². The molecule has 1 fully saturated rings. The minimum atomic E-state index is -0.111. The fraction of sp³-hybridized carbons (Fsp3) is 0.333. The van der Waals surface area contributed by atoms with E-state index in [4.69, 9.17) is 10.00 Å². The third-order valence-corrected chi connectivity index (χ3v) is 3.15. The highest BCUT2D eigenvalue weighted by atomic mass is 79.9. The maximum atomic E-state index is 11.9. The third kappa shape index (κ3) is 2.84. The van der Waals surface area contributed by atoms with E-state index in [2.05, 4.69) is 27.3 Å². The van der Waals surface area contributed by atoms with Crippen molar-refractivity contribution in [2.45, 2.75) is 6.42 Å². The summed E-state index contributed by atoms with van der Waals surface area (Å²) in [6, 6.07) is 7.22. The van der Waals surface area contributed by atoms with Crippen LogP contribution in [-0.4, -0.2) is 19.1 Å². The van der Waals surface area contributed by atoms with Gasteiger partial charge in [0.15, 0.2) is 0 Å². The number of carbonyl (C=O) groups is 1. The average Bonchev–Trinajstić information content (AvgIpc) is 2.83. The lowest BCUT2D eigenvalue weighted by atomic mass is 10.1. The van der Waals surface area contributed by atoms with E-state index in [1.807, 2.05) is 0 Å². The molecule has 1 unspecified atom stereocenters. The van der Waals surface area contributed by atoms with Crippen LogP contribution in [0.25, 0.3) is 0 Å². The maximum absolute atomic E-state index is 11.9. The van der Waals surface area contributed by atoms with Crippen LogP contribution in [0.1, 0.15) is 12.0 Å². The van der Waals surface area contributed by atoms with Crippen molar-refractivity contribution in [2.75, 3.05) is 18.5 Å². The Hall–Kier alpha value is -1.38. The zero-order chi connectivity index (χ0) is 12.3. The van der Waals surface area contributed by atoms with Crippen LogP contribution in [-0.2, 0) is 9.53 Å². The summed E-state index contributed by atoms with van der Waals surface area (Å²) in [7, 11) is 0. The Morgan fingerprint density at radius 2 is 2.41 bits per heavy atom. The summed E-state index contributed by atoms with van der Waals surface area (Å²) < 4.78 is 5.99. The highest BCUT2D eigenvalue weighted by molar-refractivity contribution is 9.10. The Labute approximate surface area is 108 Å². The number of hydrogen-bond donors (Lipinski definition) is 1. The van der Waals surface area contributed by atoms with Gasteiger partial charge in [0.1, 0.15) is 6.07 Å². The molecule has 2 rings (SSSR count). The lowest BCUT2D eigenvalue weighted by Gasteiger charge is -2.10. The average molecular weight is 295 g/mol. The molecule has 0 bridgehead atoms. The molecule has 17 heavy (non-hydrogen) atoms. The number of rotatable bonds is 2. The summed E-state index contributed by atoms with van der Waals surface area (Å²) >= 11 is 3.31. The van der Waals surface area contributed by atoms with Crippen LogP contribution < -0.4 is 5.32 Å². The first-order chi connectivity index (χ1) is 8.20. The zero-order valence-electron chi connectivity index (χ0n) is 9.07. The molecule has 0 aliphatic carbocycles. The lowest BCUT2D eigenvalue weighted by Crippen LogP contribution is -2.23. The van der Waals surface area contributed by atoms with E-state index in [9.17, 15) is 4.79 Å². The summed E-state index contributed by atoms with van der Waals surface area (Å²) in [4.78, 5) is 11.9. The first-order valence-electron chi connectivity index (χ1n) is 5.29. The van der Waals surface area contributed by atoms with Crippen LogP contribution in [0, 0.1) is 17.2 Å². The molecule has 1 atom stereocenters. The van der Waals surface area contributed by atoms with Crippen molar-refractivity contribution in [1.29, 1.82) is 5.26 Å². The molecular formula is C12H11BrN2O2. The largest absolute Gasteiger partial charge is 0.381 e. The first kappa shape index (κ1) is 12.1. The number of nitrogens with zero attached hydrogens (tertiary/aromatic N) is 1. The topological polar surface area (TPSA) is 62.1 Å². The fourth-order valence-corrected chi connectivity index (χ4v) is 2.05. The smallest absolute Gasteiger partial charge is 0.229 e. The molecule has 1 saturated heterocycles. The van der Waals surface area contributed by atoms with Crippen molar-refractivity contribution >= 4 is 27.5 Å². The van der Waals surface area contributed by atoms with Crippen LogP contribution in [0.2, 0.25) is 0 Å². The van der Waals surface area contributed by atoms with E-state index in [-0.39, 0.29) is 11.8 Å². The van der Waals surface area contributed by atoms with E-state index < -0.39 is 0 Å². The van der Waals surface area contributed by atoms with E-state index >= 15 is 0 Å². The van der Waals surface area contributed by atoms with Crippen molar-refractivity contribution in [1.82, 2.24) is 0 Å². The minimum absolute atomic E-state index is 0.0860. The van der Waals surface area contributed by atoms with Crippen molar-refractivity contribution in [3.05, 3.63) is 28.2 Å². The lowest BCUT2D eigenvalue weighted by molar-refractivity contribution is -0.119. The van der Waals surface area contributed by atoms with Gasteiger partial charge in [0, 0.05) is 11.1 Å². The van der Waals surface area contributed by atoms with Crippen molar-refractivity contribution < 1.29 is 9.53 Å². The number of benzene rings is 1. The van der Waals surface area contributed by atoms with Gasteiger partial charge in [-0.05, 0) is 24.6 Å². The number of amides is 1. The summed E-state index contributed by atoms with van der Waals surface area (Å²) in [6.45, 7) is 1.09. The van der Waals surface area contributed by atoms with Gasteiger partial charge < -0.3 is 10.1 Å². The molecule has 0 saturated carbocycles. The van der Waals surface area contributed by atoms with Crippen molar-refractivity contribution in [2.24, 2.45) is 5.92 Å². The van der Waals surface area contributed by atoms with Gasteiger partial charge in [-0.2, -0.15) is 5.26 Å². The molecule has 4 nitrogen and oxygen atoms in total. The molecule has 1 N–H and O–H groups in total. The Bertz CT molecular complexity index is 476. The number of halogens is 1. The summed E-state index contributed by atoms with van der Waals surface area (Å²) in [5.74, 6) is -0.197. The monoisotopic (exact) mass is 294 g/mol. The van der Waals surface area contributed by atoms with Crippen LogP contribution in [0.4, 0.5) is 5.69 Å². The number of nitriles is 1. The van der Waals surface area contributed by atoms with E-state index in [1.54, 1.807) is 18.2 Å². The number of hydrogen-bond acceptors (Lipinski definition) is 3. The van der Waals surface area contributed by atoms with Gasteiger partial charge in [0.25, 0.3) is 0 Å². The van der Waals surface area contributed by atoms with Crippen molar-refractivity contribution in [3.8, 4) is 6.07 Å². The van der Waals surface area contributed by atoms with Crippen LogP contribution in [0.5, 0.6) is 0 Å². The fourth-order valence-electron chi connectivity index (χ4n) is 1.69. The second kappa shape index (κ2) is 5.30. The Morgan fingerprint density at radius 3 is 3.06 bits per heavy atom. The highest BCUT2D eigenvalue weighted by Gasteiger charge is 2.24. The molecule has 88 valence electrons. The van der Waals surface area contributed by atoms with Gasteiger partial charge in [-0.1, -0.05) is 15.9 Å². The first-order valence-corrected chi connectivity index (χ1v) is 6.08. The molecule has 1 amide bonds. The van der Waals surface area contributed by atoms with Crippen molar-refractivity contribution in [3.63, 3.8) is 0 Å². The molecule has 1 aromatic rings.